The van der Waals surface area contributed by atoms with E-state index in [1.54, 1.807) is 12.4 Å². The van der Waals surface area contributed by atoms with E-state index < -0.39 is 0 Å². The van der Waals surface area contributed by atoms with Gasteiger partial charge in [0, 0.05) is 23.5 Å². The van der Waals surface area contributed by atoms with Gasteiger partial charge in [-0.25, -0.2) is 0 Å². The standard InChI is InChI=1S/C14H11IN4O2/c15-11-6-10(13-18-19-14(16)21-13)3-4-12(11)20-8-9-2-1-5-17-7-9/h1-7H,8H2,(H2,16,19). The van der Waals surface area contributed by atoms with E-state index >= 15 is 0 Å². The Hall–Kier alpha value is -2.16. The molecule has 0 saturated heterocycles. The van der Waals surface area contributed by atoms with E-state index in [-0.39, 0.29) is 6.01 Å². The highest BCUT2D eigenvalue weighted by Gasteiger charge is 2.09. The van der Waals surface area contributed by atoms with Crippen molar-refractivity contribution < 1.29 is 9.15 Å². The third-order valence-corrected chi connectivity index (χ3v) is 3.58. The highest BCUT2D eigenvalue weighted by Crippen LogP contribution is 2.28. The van der Waals surface area contributed by atoms with Gasteiger partial charge in [-0.2, -0.15) is 0 Å². The highest BCUT2D eigenvalue weighted by molar-refractivity contribution is 14.1. The van der Waals surface area contributed by atoms with Crippen LogP contribution in [0.2, 0.25) is 0 Å². The quantitative estimate of drug-likeness (QED) is 0.685. The Balaban J connectivity index is 1.75. The molecular weight excluding hydrogens is 383 g/mol. The fraction of sp³-hybridized carbons (Fsp3) is 0.0714. The van der Waals surface area contributed by atoms with Crippen LogP contribution in [0.15, 0.2) is 47.1 Å². The molecule has 3 rings (SSSR count). The maximum absolute atomic E-state index is 5.78. The summed E-state index contributed by atoms with van der Waals surface area (Å²) >= 11 is 2.20. The maximum Gasteiger partial charge on any atom is 0.313 e. The van der Waals surface area contributed by atoms with Gasteiger partial charge in [-0.05, 0) is 46.9 Å². The summed E-state index contributed by atoms with van der Waals surface area (Å²) in [7, 11) is 0. The van der Waals surface area contributed by atoms with E-state index in [9.17, 15) is 0 Å². The monoisotopic (exact) mass is 394 g/mol. The molecule has 0 atom stereocenters. The van der Waals surface area contributed by atoms with E-state index in [0.717, 1.165) is 20.4 Å². The zero-order valence-corrected chi connectivity index (χ0v) is 13.0. The molecule has 6 nitrogen and oxygen atoms in total. The lowest BCUT2D eigenvalue weighted by Gasteiger charge is -2.08. The zero-order chi connectivity index (χ0) is 14.7. The van der Waals surface area contributed by atoms with Crippen molar-refractivity contribution in [1.82, 2.24) is 15.2 Å². The smallest absolute Gasteiger partial charge is 0.313 e. The molecule has 106 valence electrons. The van der Waals surface area contributed by atoms with Crippen LogP contribution in [0.5, 0.6) is 5.75 Å². The first-order valence-corrected chi connectivity index (χ1v) is 7.21. The molecule has 0 radical (unpaired) electrons. The molecule has 0 unspecified atom stereocenters. The molecule has 0 fully saturated rings. The number of nitrogens with two attached hydrogens (primary N) is 1. The minimum Gasteiger partial charge on any atom is -0.488 e. The minimum atomic E-state index is 0.0527. The molecule has 21 heavy (non-hydrogen) atoms. The summed E-state index contributed by atoms with van der Waals surface area (Å²) in [6.45, 7) is 0.469. The number of halogens is 1. The Kier molecular flexibility index (Phi) is 4.00. The average molecular weight is 394 g/mol. The number of hydrogen-bond donors (Lipinski definition) is 1. The van der Waals surface area contributed by atoms with E-state index in [1.165, 1.54) is 0 Å². The number of nitrogen functional groups attached to an aromatic ring is 1. The molecule has 0 bridgehead atoms. The van der Waals surface area contributed by atoms with E-state index in [0.29, 0.717) is 12.5 Å². The molecule has 0 amide bonds. The van der Waals surface area contributed by atoms with Gasteiger partial charge in [0.15, 0.2) is 0 Å². The van der Waals surface area contributed by atoms with Crippen molar-refractivity contribution in [2.75, 3.05) is 5.73 Å². The third-order valence-electron chi connectivity index (χ3n) is 2.74. The molecule has 0 aliphatic heterocycles. The molecule has 0 saturated carbocycles. The number of nitrogens with zero attached hydrogens (tertiary/aromatic N) is 3. The second-order valence-electron chi connectivity index (χ2n) is 4.24. The van der Waals surface area contributed by atoms with Crippen molar-refractivity contribution in [2.24, 2.45) is 0 Å². The van der Waals surface area contributed by atoms with Crippen LogP contribution in [-0.2, 0) is 6.61 Å². The molecule has 3 aromatic rings. The minimum absolute atomic E-state index is 0.0527. The Labute approximate surface area is 134 Å². The fourth-order valence-corrected chi connectivity index (χ4v) is 2.42. The number of ether oxygens (including phenoxy) is 1. The van der Waals surface area contributed by atoms with Crippen LogP contribution in [0.3, 0.4) is 0 Å². The largest absolute Gasteiger partial charge is 0.488 e. The predicted molar refractivity (Wildman–Crippen MR) is 85.4 cm³/mol. The molecule has 0 spiro atoms. The molecular formula is C14H11IN4O2. The number of rotatable bonds is 4. The van der Waals surface area contributed by atoms with Crippen LogP contribution < -0.4 is 10.5 Å². The van der Waals surface area contributed by atoms with Gasteiger partial charge in [0.25, 0.3) is 0 Å². The Morgan fingerprint density at radius 2 is 2.14 bits per heavy atom. The summed E-state index contributed by atoms with van der Waals surface area (Å²) in [5, 5.41) is 7.50. The molecule has 2 aromatic heterocycles. The SMILES string of the molecule is Nc1nnc(-c2ccc(OCc3cccnc3)c(I)c2)o1. The molecule has 1 aromatic carbocycles. The first-order chi connectivity index (χ1) is 10.2. The van der Waals surface area contributed by atoms with Gasteiger partial charge in [0.2, 0.25) is 5.89 Å². The van der Waals surface area contributed by atoms with Gasteiger partial charge < -0.3 is 14.9 Å². The average Bonchev–Trinajstić information content (AvgIpc) is 2.93. The Bertz CT molecular complexity index is 746. The molecule has 2 N–H and O–H groups in total. The van der Waals surface area contributed by atoms with Crippen LogP contribution in [0.25, 0.3) is 11.5 Å². The number of hydrogen-bond acceptors (Lipinski definition) is 6. The molecule has 7 heteroatoms. The maximum atomic E-state index is 5.78. The van der Waals surface area contributed by atoms with Crippen molar-refractivity contribution in [1.29, 1.82) is 0 Å². The van der Waals surface area contributed by atoms with Crippen LogP contribution in [-0.4, -0.2) is 15.2 Å². The van der Waals surface area contributed by atoms with E-state index in [1.807, 2.05) is 30.3 Å². The zero-order valence-electron chi connectivity index (χ0n) is 10.9. The predicted octanol–water partition coefficient (Wildman–Crippen LogP) is 2.90. The summed E-state index contributed by atoms with van der Waals surface area (Å²) in [6, 6.07) is 9.53. The van der Waals surface area contributed by atoms with Gasteiger partial charge >= 0.3 is 6.01 Å². The van der Waals surface area contributed by atoms with Gasteiger partial charge in [0.1, 0.15) is 12.4 Å². The normalized spacial score (nSPS) is 10.5. The number of aromatic nitrogens is 3. The van der Waals surface area contributed by atoms with Gasteiger partial charge in [-0.1, -0.05) is 11.2 Å². The van der Waals surface area contributed by atoms with E-state index in [4.69, 9.17) is 14.9 Å². The summed E-state index contributed by atoms with van der Waals surface area (Å²) in [5.74, 6) is 1.18. The fourth-order valence-electron chi connectivity index (χ4n) is 1.75. The van der Waals surface area contributed by atoms with Crippen LogP contribution in [0.1, 0.15) is 5.56 Å². The second kappa shape index (κ2) is 6.08. The van der Waals surface area contributed by atoms with Crippen LogP contribution in [0, 0.1) is 3.57 Å². The highest BCUT2D eigenvalue weighted by atomic mass is 127. The summed E-state index contributed by atoms with van der Waals surface area (Å²) in [4.78, 5) is 4.05. The molecule has 0 aliphatic carbocycles. The number of anilines is 1. The Morgan fingerprint density at radius 3 is 2.81 bits per heavy atom. The lowest BCUT2D eigenvalue weighted by atomic mass is 10.2. The lowest BCUT2D eigenvalue weighted by molar-refractivity contribution is 0.303. The van der Waals surface area contributed by atoms with Crippen molar-refractivity contribution in [2.45, 2.75) is 6.61 Å². The van der Waals surface area contributed by atoms with Gasteiger partial charge in [-0.15, -0.1) is 5.10 Å². The van der Waals surface area contributed by atoms with Crippen molar-refractivity contribution in [3.8, 4) is 17.2 Å². The molecule has 0 aliphatic rings. The van der Waals surface area contributed by atoms with Crippen molar-refractivity contribution >= 4 is 28.6 Å². The lowest BCUT2D eigenvalue weighted by Crippen LogP contribution is -1.97. The first-order valence-electron chi connectivity index (χ1n) is 6.13. The summed E-state index contributed by atoms with van der Waals surface area (Å²) in [5.41, 5.74) is 7.24. The number of benzene rings is 1. The first kappa shape index (κ1) is 13.8. The van der Waals surface area contributed by atoms with E-state index in [2.05, 4.69) is 37.8 Å². The summed E-state index contributed by atoms with van der Waals surface area (Å²) in [6.07, 6.45) is 3.51. The second-order valence-corrected chi connectivity index (χ2v) is 5.40. The summed E-state index contributed by atoms with van der Waals surface area (Å²) < 4.78 is 11.9. The van der Waals surface area contributed by atoms with Crippen LogP contribution >= 0.6 is 22.6 Å². The third kappa shape index (κ3) is 3.30. The van der Waals surface area contributed by atoms with Gasteiger partial charge in [-0.3, -0.25) is 4.98 Å². The molecule has 2 heterocycles. The van der Waals surface area contributed by atoms with Crippen LogP contribution in [0.4, 0.5) is 6.01 Å². The van der Waals surface area contributed by atoms with Crippen molar-refractivity contribution in [3.05, 3.63) is 51.9 Å². The van der Waals surface area contributed by atoms with Crippen molar-refractivity contribution in [3.63, 3.8) is 0 Å². The number of pyridine rings is 1. The Morgan fingerprint density at radius 1 is 1.24 bits per heavy atom. The van der Waals surface area contributed by atoms with Gasteiger partial charge in [0.05, 0.1) is 3.57 Å². The topological polar surface area (TPSA) is 87.1 Å².